The molecule has 102 valence electrons. The van der Waals surface area contributed by atoms with Crippen LogP contribution in [0.25, 0.3) is 0 Å². The molecule has 0 amide bonds. The summed E-state index contributed by atoms with van der Waals surface area (Å²) in [6.07, 6.45) is 0.702. The lowest BCUT2D eigenvalue weighted by Crippen LogP contribution is -2.31. The Kier molecular flexibility index (Phi) is 5.46. The van der Waals surface area contributed by atoms with Gasteiger partial charge in [-0.25, -0.2) is 8.42 Å². The maximum atomic E-state index is 12.2. The van der Waals surface area contributed by atoms with Crippen LogP contribution in [-0.4, -0.2) is 31.9 Å². The highest BCUT2D eigenvalue weighted by atomic mass is 79.9. The van der Waals surface area contributed by atoms with Crippen molar-refractivity contribution in [1.82, 2.24) is 4.31 Å². The van der Waals surface area contributed by atoms with E-state index in [-0.39, 0.29) is 23.3 Å². The van der Waals surface area contributed by atoms with Gasteiger partial charge in [0.1, 0.15) is 0 Å². The second-order valence-corrected chi connectivity index (χ2v) is 7.19. The van der Waals surface area contributed by atoms with Crippen LogP contribution in [0.3, 0.4) is 0 Å². The van der Waals surface area contributed by atoms with Crippen LogP contribution in [0.4, 0.5) is 0 Å². The summed E-state index contributed by atoms with van der Waals surface area (Å²) < 4.78 is 26.5. The first kappa shape index (κ1) is 16.2. The number of nitrogens with zero attached hydrogens (tertiary/aromatic N) is 1. The Balaban J connectivity index is 0.00000162. The zero-order chi connectivity index (χ0) is 12.6. The van der Waals surface area contributed by atoms with Crippen molar-refractivity contribution in [3.63, 3.8) is 0 Å². The summed E-state index contributed by atoms with van der Waals surface area (Å²) >= 11 is 9.06. The summed E-state index contributed by atoms with van der Waals surface area (Å²) in [6, 6.07) is 4.52. The Labute approximate surface area is 126 Å². The molecule has 1 aliphatic rings. The van der Waals surface area contributed by atoms with E-state index in [0.29, 0.717) is 29.0 Å². The monoisotopic (exact) mass is 374 g/mol. The average Bonchev–Trinajstić information content (AvgIpc) is 2.69. The van der Waals surface area contributed by atoms with Gasteiger partial charge in [-0.1, -0.05) is 11.6 Å². The molecule has 0 spiro atoms. The topological polar surface area (TPSA) is 63.4 Å². The minimum Gasteiger partial charge on any atom is -0.326 e. The van der Waals surface area contributed by atoms with Crippen molar-refractivity contribution >= 4 is 50.0 Å². The standard InChI is InChI=1S/C10H12BrClN2O2S.ClH/c11-9-5-8(1-2-10(9)12)17(15,16)14-4-3-7(13)6-14;/h1-2,5,7H,3-4,6,13H2;1H/t7-;/m1./s1. The number of rotatable bonds is 2. The first-order valence-electron chi connectivity index (χ1n) is 5.12. The third kappa shape index (κ3) is 3.18. The van der Waals surface area contributed by atoms with Gasteiger partial charge in [0.2, 0.25) is 10.0 Å². The molecule has 2 rings (SSSR count). The van der Waals surface area contributed by atoms with Crippen LogP contribution < -0.4 is 5.73 Å². The molecule has 18 heavy (non-hydrogen) atoms. The van der Waals surface area contributed by atoms with Crippen LogP contribution in [-0.2, 0) is 10.0 Å². The number of sulfonamides is 1. The molecule has 1 saturated heterocycles. The van der Waals surface area contributed by atoms with E-state index < -0.39 is 10.0 Å². The van der Waals surface area contributed by atoms with Gasteiger partial charge < -0.3 is 5.73 Å². The van der Waals surface area contributed by atoms with Crippen molar-refractivity contribution in [3.05, 3.63) is 27.7 Å². The maximum Gasteiger partial charge on any atom is 0.243 e. The highest BCUT2D eigenvalue weighted by Crippen LogP contribution is 2.28. The minimum atomic E-state index is -3.45. The second kappa shape index (κ2) is 6.07. The van der Waals surface area contributed by atoms with Gasteiger partial charge >= 0.3 is 0 Å². The number of benzene rings is 1. The lowest BCUT2D eigenvalue weighted by molar-refractivity contribution is 0.472. The lowest BCUT2D eigenvalue weighted by atomic mass is 10.3. The van der Waals surface area contributed by atoms with Gasteiger partial charge in [0, 0.05) is 23.6 Å². The van der Waals surface area contributed by atoms with Crippen molar-refractivity contribution in [2.45, 2.75) is 17.4 Å². The Hall–Kier alpha value is 0.150. The number of nitrogens with two attached hydrogens (primary N) is 1. The molecule has 2 N–H and O–H groups in total. The molecule has 1 aliphatic heterocycles. The molecular formula is C10H13BrCl2N2O2S. The van der Waals surface area contributed by atoms with E-state index in [1.807, 2.05) is 0 Å². The van der Waals surface area contributed by atoms with Gasteiger partial charge in [-0.15, -0.1) is 12.4 Å². The first-order valence-corrected chi connectivity index (χ1v) is 7.73. The van der Waals surface area contributed by atoms with E-state index in [2.05, 4.69) is 15.9 Å². The SMILES string of the molecule is Cl.N[C@@H]1CCN(S(=O)(=O)c2ccc(Cl)c(Br)c2)C1. The van der Waals surface area contributed by atoms with Gasteiger partial charge in [-0.2, -0.15) is 4.31 Å². The van der Waals surface area contributed by atoms with Crippen molar-refractivity contribution in [1.29, 1.82) is 0 Å². The molecule has 0 radical (unpaired) electrons. The van der Waals surface area contributed by atoms with Crippen LogP contribution in [0.2, 0.25) is 5.02 Å². The van der Waals surface area contributed by atoms with E-state index in [0.717, 1.165) is 0 Å². The Morgan fingerprint density at radius 1 is 1.44 bits per heavy atom. The molecule has 1 atom stereocenters. The zero-order valence-corrected chi connectivity index (χ0v) is 13.3. The minimum absolute atomic E-state index is 0. The summed E-state index contributed by atoms with van der Waals surface area (Å²) in [6.45, 7) is 0.853. The second-order valence-electron chi connectivity index (χ2n) is 3.99. The Morgan fingerprint density at radius 2 is 2.11 bits per heavy atom. The highest BCUT2D eigenvalue weighted by molar-refractivity contribution is 9.10. The molecule has 4 nitrogen and oxygen atoms in total. The summed E-state index contributed by atoms with van der Waals surface area (Å²) in [5.41, 5.74) is 5.72. The first-order chi connectivity index (χ1) is 7.91. The number of hydrogen-bond donors (Lipinski definition) is 1. The van der Waals surface area contributed by atoms with E-state index in [4.69, 9.17) is 17.3 Å². The molecule has 0 saturated carbocycles. The third-order valence-corrected chi connectivity index (χ3v) is 5.79. The third-order valence-electron chi connectivity index (χ3n) is 2.72. The fourth-order valence-corrected chi connectivity index (χ4v) is 3.94. The average molecular weight is 376 g/mol. The Morgan fingerprint density at radius 3 is 2.61 bits per heavy atom. The van der Waals surface area contributed by atoms with E-state index >= 15 is 0 Å². The van der Waals surface area contributed by atoms with Gasteiger partial charge in [0.15, 0.2) is 0 Å². The molecule has 8 heteroatoms. The molecular weight excluding hydrogens is 363 g/mol. The largest absolute Gasteiger partial charge is 0.326 e. The molecule has 0 aromatic heterocycles. The normalized spacial score (nSPS) is 20.7. The quantitative estimate of drug-likeness (QED) is 0.862. The molecule has 1 heterocycles. The van der Waals surface area contributed by atoms with Crippen molar-refractivity contribution in [2.24, 2.45) is 5.73 Å². The van der Waals surface area contributed by atoms with Crippen LogP contribution >= 0.6 is 39.9 Å². The molecule has 0 bridgehead atoms. The zero-order valence-electron chi connectivity index (χ0n) is 9.34. The summed E-state index contributed by atoms with van der Waals surface area (Å²) in [7, 11) is -3.45. The van der Waals surface area contributed by atoms with Gasteiger partial charge in [-0.3, -0.25) is 0 Å². The van der Waals surface area contributed by atoms with Crippen molar-refractivity contribution in [3.8, 4) is 0 Å². The predicted octanol–water partition coefficient (Wildman–Crippen LogP) is 2.25. The fourth-order valence-electron chi connectivity index (χ4n) is 1.76. The molecule has 1 aromatic rings. The van der Waals surface area contributed by atoms with Crippen molar-refractivity contribution < 1.29 is 8.42 Å². The van der Waals surface area contributed by atoms with Crippen molar-refractivity contribution in [2.75, 3.05) is 13.1 Å². The maximum absolute atomic E-state index is 12.2. The highest BCUT2D eigenvalue weighted by Gasteiger charge is 2.31. The predicted molar refractivity (Wildman–Crippen MR) is 77.8 cm³/mol. The summed E-state index contributed by atoms with van der Waals surface area (Å²) in [5, 5.41) is 0.488. The number of halogens is 3. The van der Waals surface area contributed by atoms with Gasteiger partial charge in [-0.05, 0) is 40.5 Å². The fraction of sp³-hybridized carbons (Fsp3) is 0.400. The van der Waals surface area contributed by atoms with Crippen LogP contribution in [0.5, 0.6) is 0 Å². The van der Waals surface area contributed by atoms with Crippen LogP contribution in [0.1, 0.15) is 6.42 Å². The lowest BCUT2D eigenvalue weighted by Gasteiger charge is -2.16. The van der Waals surface area contributed by atoms with Crippen LogP contribution in [0, 0.1) is 0 Å². The molecule has 1 aromatic carbocycles. The molecule has 0 unspecified atom stereocenters. The van der Waals surface area contributed by atoms with E-state index in [9.17, 15) is 8.42 Å². The van der Waals surface area contributed by atoms with Crippen LogP contribution in [0.15, 0.2) is 27.6 Å². The number of hydrogen-bond acceptors (Lipinski definition) is 3. The van der Waals surface area contributed by atoms with Gasteiger partial charge in [0.25, 0.3) is 0 Å². The van der Waals surface area contributed by atoms with E-state index in [1.165, 1.54) is 16.4 Å². The molecule has 0 aliphatic carbocycles. The van der Waals surface area contributed by atoms with Gasteiger partial charge in [0.05, 0.1) is 9.92 Å². The molecule has 1 fully saturated rings. The Bertz CT molecular complexity index is 539. The summed E-state index contributed by atoms with van der Waals surface area (Å²) in [5.74, 6) is 0. The summed E-state index contributed by atoms with van der Waals surface area (Å²) in [4.78, 5) is 0.239. The van der Waals surface area contributed by atoms with E-state index in [1.54, 1.807) is 6.07 Å². The smallest absolute Gasteiger partial charge is 0.243 e.